The van der Waals surface area contributed by atoms with Crippen LogP contribution in [0.1, 0.15) is 143 Å². The van der Waals surface area contributed by atoms with Crippen LogP contribution in [0.2, 0.25) is 0 Å². The molecule has 172 valence electrons. The first kappa shape index (κ1) is 28.1. The van der Waals surface area contributed by atoms with E-state index in [1.54, 1.807) is 0 Å². The molecule has 3 heteroatoms. The Bertz CT molecular complexity index is 351. The molecular formula is C26H50O3. The van der Waals surface area contributed by atoms with E-state index < -0.39 is 0 Å². The quantitative estimate of drug-likeness (QED) is 0.115. The van der Waals surface area contributed by atoms with Gasteiger partial charge in [-0.1, -0.05) is 118 Å². The fourth-order valence-corrected chi connectivity index (χ4v) is 3.64. The maximum Gasteiger partial charge on any atom is 0.313 e. The van der Waals surface area contributed by atoms with Crippen molar-refractivity contribution in [2.24, 2.45) is 11.8 Å². The van der Waals surface area contributed by atoms with Gasteiger partial charge in [-0.2, -0.15) is 0 Å². The second-order valence-electron chi connectivity index (χ2n) is 9.66. The molecule has 0 aromatic carbocycles. The van der Waals surface area contributed by atoms with Crippen LogP contribution >= 0.6 is 0 Å². The lowest BCUT2D eigenvalue weighted by atomic mass is 10.0. The van der Waals surface area contributed by atoms with Crippen LogP contribution in [0, 0.1) is 11.8 Å². The first-order valence-electron chi connectivity index (χ1n) is 12.6. The van der Waals surface area contributed by atoms with E-state index >= 15 is 0 Å². The van der Waals surface area contributed by atoms with Crippen molar-refractivity contribution in [2.45, 2.75) is 143 Å². The van der Waals surface area contributed by atoms with Crippen LogP contribution < -0.4 is 0 Å². The molecule has 0 fully saturated rings. The first-order chi connectivity index (χ1) is 13.9. The normalized spacial score (nSPS) is 11.4. The average molecular weight is 411 g/mol. The Labute approximate surface area is 181 Å². The molecule has 0 saturated carbocycles. The van der Waals surface area contributed by atoms with E-state index in [9.17, 15) is 9.59 Å². The number of ether oxygens (including phenoxy) is 1. The Morgan fingerprint density at radius 2 is 0.759 bits per heavy atom. The van der Waals surface area contributed by atoms with Crippen LogP contribution in [-0.2, 0) is 14.3 Å². The highest BCUT2D eigenvalue weighted by Gasteiger charge is 2.09. The number of carbonyl (C=O) groups is 2. The average Bonchev–Trinajstić information content (AvgIpc) is 2.64. The van der Waals surface area contributed by atoms with Gasteiger partial charge in [-0.3, -0.25) is 9.59 Å². The lowest BCUT2D eigenvalue weighted by Crippen LogP contribution is -2.11. The molecule has 0 unspecified atom stereocenters. The van der Waals surface area contributed by atoms with Gasteiger partial charge in [0, 0.05) is 12.8 Å². The van der Waals surface area contributed by atoms with E-state index in [2.05, 4.69) is 27.7 Å². The zero-order valence-corrected chi connectivity index (χ0v) is 20.1. The van der Waals surface area contributed by atoms with E-state index in [0.717, 1.165) is 37.5 Å². The fraction of sp³-hybridized carbons (Fsp3) is 0.923. The van der Waals surface area contributed by atoms with Crippen LogP contribution in [0.15, 0.2) is 0 Å². The number of rotatable bonds is 20. The highest BCUT2D eigenvalue weighted by Crippen LogP contribution is 2.14. The predicted octanol–water partition coefficient (Wildman–Crippen LogP) is 8.39. The highest BCUT2D eigenvalue weighted by atomic mass is 16.6. The van der Waals surface area contributed by atoms with Crippen LogP contribution in [0.25, 0.3) is 0 Å². The number of unbranched alkanes of at least 4 members (excludes halogenated alkanes) is 12. The largest absolute Gasteiger partial charge is 0.393 e. The Morgan fingerprint density at radius 1 is 0.483 bits per heavy atom. The minimum absolute atomic E-state index is 0.336. The van der Waals surface area contributed by atoms with Crippen molar-refractivity contribution in [3.8, 4) is 0 Å². The van der Waals surface area contributed by atoms with Crippen molar-refractivity contribution >= 4 is 11.9 Å². The Kier molecular flexibility index (Phi) is 19.8. The van der Waals surface area contributed by atoms with Crippen molar-refractivity contribution < 1.29 is 14.3 Å². The van der Waals surface area contributed by atoms with Crippen LogP contribution in [0.5, 0.6) is 0 Å². The van der Waals surface area contributed by atoms with Gasteiger partial charge in [0.25, 0.3) is 0 Å². The molecule has 0 rings (SSSR count). The van der Waals surface area contributed by atoms with Gasteiger partial charge in [0.15, 0.2) is 0 Å². The molecule has 0 N–H and O–H groups in total. The molecule has 0 bridgehead atoms. The number of carbonyl (C=O) groups excluding carboxylic acids is 2. The van der Waals surface area contributed by atoms with Crippen molar-refractivity contribution in [3.63, 3.8) is 0 Å². The summed E-state index contributed by atoms with van der Waals surface area (Å²) < 4.78 is 4.94. The van der Waals surface area contributed by atoms with Gasteiger partial charge < -0.3 is 4.74 Å². The fourth-order valence-electron chi connectivity index (χ4n) is 3.64. The summed E-state index contributed by atoms with van der Waals surface area (Å²) in [5.41, 5.74) is 0. The molecule has 0 aliphatic carbocycles. The van der Waals surface area contributed by atoms with Gasteiger partial charge >= 0.3 is 11.9 Å². The van der Waals surface area contributed by atoms with Gasteiger partial charge in [0.2, 0.25) is 0 Å². The second-order valence-corrected chi connectivity index (χ2v) is 9.66. The highest BCUT2D eigenvalue weighted by molar-refractivity contribution is 5.85. The number of esters is 2. The summed E-state index contributed by atoms with van der Waals surface area (Å²) in [5.74, 6) is 0.954. The Hall–Kier alpha value is -0.860. The van der Waals surface area contributed by atoms with E-state index in [0.29, 0.717) is 12.8 Å². The lowest BCUT2D eigenvalue weighted by molar-refractivity contribution is -0.159. The number of hydrogen-bond acceptors (Lipinski definition) is 3. The van der Waals surface area contributed by atoms with Crippen LogP contribution in [0.4, 0.5) is 0 Å². The summed E-state index contributed by atoms with van der Waals surface area (Å²) in [6.45, 7) is 9.11. The summed E-state index contributed by atoms with van der Waals surface area (Å²) in [6.07, 6.45) is 20.0. The Morgan fingerprint density at radius 3 is 1.07 bits per heavy atom. The minimum Gasteiger partial charge on any atom is -0.393 e. The monoisotopic (exact) mass is 410 g/mol. The molecule has 0 aromatic heterocycles. The zero-order valence-electron chi connectivity index (χ0n) is 20.1. The third-order valence-electron chi connectivity index (χ3n) is 5.55. The topological polar surface area (TPSA) is 43.4 Å². The minimum atomic E-state index is -0.336. The van der Waals surface area contributed by atoms with E-state index in [4.69, 9.17) is 4.74 Å². The van der Waals surface area contributed by atoms with Gasteiger partial charge in [0.1, 0.15) is 0 Å². The van der Waals surface area contributed by atoms with Gasteiger partial charge in [-0.25, -0.2) is 0 Å². The van der Waals surface area contributed by atoms with Gasteiger partial charge in [-0.05, 0) is 24.7 Å². The van der Waals surface area contributed by atoms with Crippen LogP contribution in [0.3, 0.4) is 0 Å². The molecule has 0 aromatic rings. The predicted molar refractivity (Wildman–Crippen MR) is 124 cm³/mol. The molecule has 0 radical (unpaired) electrons. The summed E-state index contributed by atoms with van der Waals surface area (Å²) in [5, 5.41) is 0. The van der Waals surface area contributed by atoms with Crippen LogP contribution in [-0.4, -0.2) is 11.9 Å². The van der Waals surface area contributed by atoms with E-state index in [1.807, 2.05) is 0 Å². The van der Waals surface area contributed by atoms with Gasteiger partial charge in [0.05, 0.1) is 0 Å². The first-order valence-corrected chi connectivity index (χ1v) is 12.6. The Balaban J connectivity index is 3.36. The number of hydrogen-bond donors (Lipinski definition) is 0. The molecule has 0 aliphatic heterocycles. The molecule has 0 atom stereocenters. The summed E-state index contributed by atoms with van der Waals surface area (Å²) in [7, 11) is 0. The van der Waals surface area contributed by atoms with Crippen molar-refractivity contribution in [1.82, 2.24) is 0 Å². The maximum absolute atomic E-state index is 11.7. The molecule has 0 saturated heterocycles. The van der Waals surface area contributed by atoms with Crippen molar-refractivity contribution in [1.29, 1.82) is 0 Å². The second kappa shape index (κ2) is 20.4. The SMILES string of the molecule is CC(C)CCCCCCCCCC(=O)OC(=O)CCCCCCCCCC(C)C. The zero-order chi connectivity index (χ0) is 21.7. The lowest BCUT2D eigenvalue weighted by Gasteiger charge is -2.05. The molecule has 0 aliphatic rings. The third kappa shape index (κ3) is 23.3. The summed E-state index contributed by atoms with van der Waals surface area (Å²) in [6, 6.07) is 0. The summed E-state index contributed by atoms with van der Waals surface area (Å²) >= 11 is 0. The molecule has 0 heterocycles. The van der Waals surface area contributed by atoms with E-state index in [-0.39, 0.29) is 11.9 Å². The van der Waals surface area contributed by atoms with Gasteiger partial charge in [-0.15, -0.1) is 0 Å². The third-order valence-corrected chi connectivity index (χ3v) is 5.55. The molecular weight excluding hydrogens is 360 g/mol. The summed E-state index contributed by atoms with van der Waals surface area (Å²) in [4.78, 5) is 23.5. The van der Waals surface area contributed by atoms with Crippen molar-refractivity contribution in [2.75, 3.05) is 0 Å². The molecule has 0 amide bonds. The molecule has 3 nitrogen and oxygen atoms in total. The standard InChI is InChI=1S/C26H50O3/c1-23(2)19-15-11-7-5-9-13-17-21-25(27)29-26(28)22-18-14-10-6-8-12-16-20-24(3)4/h23-24H,5-22H2,1-4H3. The van der Waals surface area contributed by atoms with E-state index in [1.165, 1.54) is 77.0 Å². The van der Waals surface area contributed by atoms with Crippen molar-refractivity contribution in [3.05, 3.63) is 0 Å². The molecule has 0 spiro atoms. The molecule has 29 heavy (non-hydrogen) atoms. The smallest absolute Gasteiger partial charge is 0.313 e. The maximum atomic E-state index is 11.7.